The molecule has 200 valence electrons. The van der Waals surface area contributed by atoms with Gasteiger partial charge in [0.25, 0.3) is 0 Å². The summed E-state index contributed by atoms with van der Waals surface area (Å²) in [6.07, 6.45) is 0. The fourth-order valence-electron chi connectivity index (χ4n) is 3.78. The fraction of sp³-hybridized carbons (Fsp3) is 0.0323. The standard InChI is InChI=1S/C18H15Ge.C12H10Cl2Ge.CH4.Cl3Si/c1-4-10-16(11-5-1)19(17-12-6-2-7-13-17)18-14-8-3-9-15-18;13-15(14,11-7-3-1-4-8-11)12-9-5-2-6-10-12;;1-4(2)3/h1-15H;1-10H;1H4;. The molecule has 0 saturated heterocycles. The van der Waals surface area contributed by atoms with E-state index in [2.05, 4.69) is 91.0 Å². The van der Waals surface area contributed by atoms with Crippen LogP contribution in [0.1, 0.15) is 7.43 Å². The third kappa shape index (κ3) is 11.3. The van der Waals surface area contributed by atoms with Gasteiger partial charge in [0.1, 0.15) is 0 Å². The molecule has 0 nitrogen and oxygen atoms in total. The Bertz CT molecular complexity index is 1170. The molecule has 0 aliphatic carbocycles. The van der Waals surface area contributed by atoms with Crippen molar-refractivity contribution in [3.05, 3.63) is 152 Å². The average molecular weight is 752 g/mol. The van der Waals surface area contributed by atoms with Crippen molar-refractivity contribution >= 4 is 108 Å². The van der Waals surface area contributed by atoms with E-state index < -0.39 is 32.5 Å². The molecule has 0 saturated carbocycles. The first-order valence-electron chi connectivity index (χ1n) is 11.7. The van der Waals surface area contributed by atoms with Crippen LogP contribution in [0.2, 0.25) is 0 Å². The van der Waals surface area contributed by atoms with Gasteiger partial charge in [0, 0.05) is 0 Å². The predicted molar refractivity (Wildman–Crippen MR) is 184 cm³/mol. The molecule has 5 rings (SSSR count). The number of halogens is 5. The van der Waals surface area contributed by atoms with Crippen molar-refractivity contribution in [1.82, 2.24) is 0 Å². The van der Waals surface area contributed by atoms with Crippen molar-refractivity contribution in [2.45, 2.75) is 7.43 Å². The normalized spacial score (nSPS) is 10.4. The van der Waals surface area contributed by atoms with Crippen molar-refractivity contribution in [3.63, 3.8) is 0 Å². The summed E-state index contributed by atoms with van der Waals surface area (Å²) in [5, 5.41) is 0. The molecule has 0 N–H and O–H groups in total. The zero-order valence-electron chi connectivity index (χ0n) is 20.3. The van der Waals surface area contributed by atoms with Crippen molar-refractivity contribution in [1.29, 1.82) is 0 Å². The molecule has 0 aliphatic heterocycles. The van der Waals surface area contributed by atoms with Gasteiger partial charge in [0.2, 0.25) is 0 Å². The van der Waals surface area contributed by atoms with Crippen LogP contribution in [0.25, 0.3) is 0 Å². The van der Waals surface area contributed by atoms with Crippen molar-refractivity contribution in [2.75, 3.05) is 0 Å². The third-order valence-corrected chi connectivity index (χ3v) is 20.2. The molecular weight excluding hydrogens is 723 g/mol. The quantitative estimate of drug-likeness (QED) is 0.131. The van der Waals surface area contributed by atoms with E-state index in [4.69, 9.17) is 53.3 Å². The Morgan fingerprint density at radius 2 is 0.615 bits per heavy atom. The Labute approximate surface area is 264 Å². The van der Waals surface area contributed by atoms with Crippen LogP contribution in [0.3, 0.4) is 0 Å². The molecule has 0 amide bonds. The van der Waals surface area contributed by atoms with E-state index in [-0.39, 0.29) is 7.43 Å². The monoisotopic (exact) mass is 752 g/mol. The zero-order chi connectivity index (χ0) is 27.2. The summed E-state index contributed by atoms with van der Waals surface area (Å²) in [6.45, 7) is -1.46. The number of hydrogen-bond acceptors (Lipinski definition) is 0. The van der Waals surface area contributed by atoms with Gasteiger partial charge in [-0.1, -0.05) is 7.43 Å². The molecule has 2 radical (unpaired) electrons. The first kappa shape index (κ1) is 34.1. The first-order valence-corrected chi connectivity index (χ1v) is 27.0. The minimum atomic E-state index is -3.05. The Hall–Kier alpha value is -1.15. The molecule has 5 aromatic carbocycles. The van der Waals surface area contributed by atoms with Gasteiger partial charge in [-0.15, -0.1) is 33.2 Å². The van der Waals surface area contributed by atoms with E-state index >= 15 is 0 Å². The molecule has 0 aromatic heterocycles. The van der Waals surface area contributed by atoms with Gasteiger partial charge in [-0.25, -0.2) is 0 Å². The van der Waals surface area contributed by atoms with Crippen LogP contribution in [-0.4, -0.2) is 32.5 Å². The SMILES string of the molecule is C.Cl[Si](Cl)Cl.[Cl][Ge]([Cl])([c]1ccccc1)[c]1ccccc1.c1cc[c]([Ge]([c]2ccccc2)[c]2ccccc2)cc1. The molecule has 5 aromatic rings. The molecule has 0 spiro atoms. The molecule has 0 atom stereocenters. The second-order valence-electron chi connectivity index (χ2n) is 7.99. The number of benzene rings is 5. The molecule has 8 heteroatoms. The van der Waals surface area contributed by atoms with Crippen molar-refractivity contribution in [3.8, 4) is 0 Å². The Kier molecular flexibility index (Phi) is 16.0. The zero-order valence-corrected chi connectivity index (χ0v) is 29.3. The van der Waals surface area contributed by atoms with Crippen molar-refractivity contribution in [2.24, 2.45) is 0 Å². The van der Waals surface area contributed by atoms with Crippen LogP contribution in [0.5, 0.6) is 0 Å². The van der Waals surface area contributed by atoms with E-state index in [0.717, 1.165) is 8.79 Å². The fourth-order valence-corrected chi connectivity index (χ4v) is 15.1. The predicted octanol–water partition coefficient (Wildman–Crippen LogP) is 7.25. The van der Waals surface area contributed by atoms with E-state index in [1.807, 2.05) is 60.7 Å². The Morgan fingerprint density at radius 1 is 0.410 bits per heavy atom. The minimum absolute atomic E-state index is 0. The Balaban J connectivity index is 0.000000240. The second-order valence-corrected chi connectivity index (χ2v) is 30.5. The second kappa shape index (κ2) is 18.3. The van der Waals surface area contributed by atoms with Crippen LogP contribution in [0, 0.1) is 0 Å². The average Bonchev–Trinajstić information content (AvgIpc) is 2.96. The van der Waals surface area contributed by atoms with Crippen molar-refractivity contribution < 1.29 is 0 Å². The van der Waals surface area contributed by atoms with Crippen LogP contribution >= 0.6 is 53.3 Å². The summed E-state index contributed by atoms with van der Waals surface area (Å²) in [4.78, 5) is 0. The van der Waals surface area contributed by atoms with Gasteiger partial charge >= 0.3 is 226 Å². The summed E-state index contributed by atoms with van der Waals surface area (Å²) in [7, 11) is 13.1. The van der Waals surface area contributed by atoms with Gasteiger partial charge in [0.05, 0.1) is 0 Å². The van der Waals surface area contributed by atoms with E-state index in [1.54, 1.807) is 0 Å². The third-order valence-electron chi connectivity index (χ3n) is 5.46. The summed E-state index contributed by atoms with van der Waals surface area (Å²) in [5.41, 5.74) is 0. The van der Waals surface area contributed by atoms with Crippen LogP contribution in [0.15, 0.2) is 152 Å². The summed E-state index contributed by atoms with van der Waals surface area (Å²) in [5.74, 6) is 0. The number of rotatable bonds is 5. The summed E-state index contributed by atoms with van der Waals surface area (Å²) < 4.78 is 6.65. The van der Waals surface area contributed by atoms with Gasteiger partial charge in [0.15, 0.2) is 0 Å². The summed E-state index contributed by atoms with van der Waals surface area (Å²) in [6, 6.07) is 52.7. The van der Waals surface area contributed by atoms with E-state index in [9.17, 15) is 0 Å². The van der Waals surface area contributed by atoms with Gasteiger partial charge in [-0.2, -0.15) is 0 Å². The first-order chi connectivity index (χ1) is 18.4. The molecule has 0 unspecified atom stereocenters. The number of hydrogen-bond donors (Lipinski definition) is 0. The maximum absolute atomic E-state index is 6.54. The van der Waals surface area contributed by atoms with Gasteiger partial charge in [-0.3, -0.25) is 0 Å². The molecule has 0 fully saturated rings. The van der Waals surface area contributed by atoms with Gasteiger partial charge in [-0.05, 0) is 0 Å². The van der Waals surface area contributed by atoms with E-state index in [0.29, 0.717) is 0 Å². The van der Waals surface area contributed by atoms with Crippen LogP contribution < -0.4 is 22.0 Å². The topological polar surface area (TPSA) is 0 Å². The van der Waals surface area contributed by atoms with Gasteiger partial charge < -0.3 is 0 Å². The molecule has 39 heavy (non-hydrogen) atoms. The molecule has 0 heterocycles. The maximum atomic E-state index is 6.54. The molecular formula is C31H29Cl5Ge2Si. The Morgan fingerprint density at radius 3 is 0.846 bits per heavy atom. The van der Waals surface area contributed by atoms with Crippen LogP contribution in [-0.2, 0) is 0 Å². The van der Waals surface area contributed by atoms with E-state index in [1.165, 1.54) is 13.2 Å². The molecule has 0 aliphatic rings. The molecule has 0 bridgehead atoms. The van der Waals surface area contributed by atoms with Crippen LogP contribution in [0.4, 0.5) is 0 Å². The summed E-state index contributed by atoms with van der Waals surface area (Å²) >= 11 is 10.0.